The van der Waals surface area contributed by atoms with Gasteiger partial charge < -0.3 is 15.1 Å². The van der Waals surface area contributed by atoms with Crippen LogP contribution in [0.3, 0.4) is 0 Å². The van der Waals surface area contributed by atoms with E-state index in [0.29, 0.717) is 25.3 Å². The Morgan fingerprint density at radius 2 is 1.83 bits per heavy atom. The molecule has 1 N–H and O–H groups in total. The number of hydrogen-bond donors (Lipinski definition) is 1. The molecule has 2 aliphatic heterocycles. The summed E-state index contributed by atoms with van der Waals surface area (Å²) in [5.74, 6) is 0.352. The SMILES string of the molecule is CC1CN(C(=O)Cc2cncc(Cc3ccc(-c4ccc(N5CCCC5=O)cc4)cn3)c2)CCN1. The first-order valence-electron chi connectivity index (χ1n) is 12.3. The Kier molecular flexibility index (Phi) is 6.86. The van der Waals surface area contributed by atoms with Crippen LogP contribution in [-0.4, -0.2) is 58.9 Å². The highest BCUT2D eigenvalue weighted by Crippen LogP contribution is 2.26. The molecule has 180 valence electrons. The Bertz CT molecular complexity index is 1190. The molecule has 2 fully saturated rings. The zero-order chi connectivity index (χ0) is 24.2. The van der Waals surface area contributed by atoms with Crippen molar-refractivity contribution in [3.05, 3.63) is 77.9 Å². The normalized spacial score (nSPS) is 18.2. The Labute approximate surface area is 206 Å². The van der Waals surface area contributed by atoms with Gasteiger partial charge in [-0.15, -0.1) is 0 Å². The number of pyridine rings is 2. The van der Waals surface area contributed by atoms with E-state index >= 15 is 0 Å². The maximum absolute atomic E-state index is 12.7. The van der Waals surface area contributed by atoms with Crippen molar-refractivity contribution in [3.8, 4) is 11.1 Å². The molecule has 35 heavy (non-hydrogen) atoms. The molecule has 5 rings (SSSR count). The lowest BCUT2D eigenvalue weighted by atomic mass is 10.0. The van der Waals surface area contributed by atoms with Crippen LogP contribution >= 0.6 is 0 Å². The zero-order valence-electron chi connectivity index (χ0n) is 20.1. The second kappa shape index (κ2) is 10.4. The third kappa shape index (κ3) is 5.57. The molecule has 0 spiro atoms. The van der Waals surface area contributed by atoms with E-state index in [1.54, 1.807) is 6.20 Å². The standard InChI is InChI=1S/C28H31N5O2/c1-20-19-32(12-10-30-20)28(35)15-22-13-21(16-29-17-22)14-25-7-4-24(18-31-25)23-5-8-26(9-6-23)33-11-2-3-27(33)34/h4-9,13,16-18,20,30H,2-3,10-12,14-15,19H2,1H3. The van der Waals surface area contributed by atoms with Gasteiger partial charge in [-0.25, -0.2) is 0 Å². The minimum absolute atomic E-state index is 0.153. The van der Waals surface area contributed by atoms with Gasteiger partial charge in [-0.3, -0.25) is 19.6 Å². The van der Waals surface area contributed by atoms with Crippen molar-refractivity contribution >= 4 is 17.5 Å². The third-order valence-electron chi connectivity index (χ3n) is 6.72. The molecule has 1 unspecified atom stereocenters. The van der Waals surface area contributed by atoms with Crippen LogP contribution in [-0.2, 0) is 22.4 Å². The van der Waals surface area contributed by atoms with Gasteiger partial charge in [-0.1, -0.05) is 24.3 Å². The van der Waals surface area contributed by atoms with Crippen molar-refractivity contribution < 1.29 is 9.59 Å². The van der Waals surface area contributed by atoms with Gasteiger partial charge in [-0.05, 0) is 48.2 Å². The van der Waals surface area contributed by atoms with Crippen LogP contribution in [0, 0.1) is 0 Å². The highest BCUT2D eigenvalue weighted by molar-refractivity contribution is 5.95. The van der Waals surface area contributed by atoms with E-state index in [1.807, 2.05) is 52.5 Å². The molecule has 1 atom stereocenters. The van der Waals surface area contributed by atoms with E-state index in [0.717, 1.165) is 66.2 Å². The van der Waals surface area contributed by atoms with Crippen molar-refractivity contribution in [1.82, 2.24) is 20.2 Å². The zero-order valence-corrected chi connectivity index (χ0v) is 20.1. The number of aromatic nitrogens is 2. The minimum atomic E-state index is 0.153. The molecule has 1 aromatic carbocycles. The molecule has 0 bridgehead atoms. The van der Waals surface area contributed by atoms with E-state index in [9.17, 15) is 9.59 Å². The van der Waals surface area contributed by atoms with Gasteiger partial charge in [0.25, 0.3) is 0 Å². The summed E-state index contributed by atoms with van der Waals surface area (Å²) in [6, 6.07) is 14.6. The summed E-state index contributed by atoms with van der Waals surface area (Å²) in [6.45, 7) is 5.25. The first kappa shape index (κ1) is 23.2. The minimum Gasteiger partial charge on any atom is -0.340 e. The first-order chi connectivity index (χ1) is 17.0. The molecule has 0 saturated carbocycles. The number of anilines is 1. The van der Waals surface area contributed by atoms with E-state index in [1.165, 1.54) is 0 Å². The Balaban J connectivity index is 1.21. The second-order valence-electron chi connectivity index (χ2n) is 9.48. The summed E-state index contributed by atoms with van der Waals surface area (Å²) >= 11 is 0. The molecule has 2 aliphatic rings. The Hall–Kier alpha value is -3.58. The topological polar surface area (TPSA) is 78.4 Å². The highest BCUT2D eigenvalue weighted by Gasteiger charge is 2.22. The lowest BCUT2D eigenvalue weighted by Crippen LogP contribution is -2.51. The lowest BCUT2D eigenvalue weighted by Gasteiger charge is -2.32. The summed E-state index contributed by atoms with van der Waals surface area (Å²) in [5, 5.41) is 3.37. The second-order valence-corrected chi connectivity index (χ2v) is 9.48. The number of rotatable bonds is 6. The number of piperazine rings is 1. The van der Waals surface area contributed by atoms with E-state index in [-0.39, 0.29) is 11.8 Å². The Morgan fingerprint density at radius 3 is 2.54 bits per heavy atom. The monoisotopic (exact) mass is 469 g/mol. The van der Waals surface area contributed by atoms with E-state index < -0.39 is 0 Å². The lowest BCUT2D eigenvalue weighted by molar-refractivity contribution is -0.131. The van der Waals surface area contributed by atoms with Crippen LogP contribution in [0.5, 0.6) is 0 Å². The van der Waals surface area contributed by atoms with Crippen molar-refractivity contribution in [3.63, 3.8) is 0 Å². The van der Waals surface area contributed by atoms with Gasteiger partial charge in [0.2, 0.25) is 11.8 Å². The molecule has 7 nitrogen and oxygen atoms in total. The highest BCUT2D eigenvalue weighted by atomic mass is 16.2. The molecule has 2 aromatic heterocycles. The van der Waals surface area contributed by atoms with Gasteiger partial charge in [0.1, 0.15) is 0 Å². The summed E-state index contributed by atoms with van der Waals surface area (Å²) in [7, 11) is 0. The number of amides is 2. The molecular formula is C28H31N5O2. The third-order valence-corrected chi connectivity index (χ3v) is 6.72. The predicted octanol–water partition coefficient (Wildman–Crippen LogP) is 3.22. The molecule has 4 heterocycles. The number of nitrogens with zero attached hydrogens (tertiary/aromatic N) is 4. The smallest absolute Gasteiger partial charge is 0.227 e. The quantitative estimate of drug-likeness (QED) is 0.600. The van der Waals surface area contributed by atoms with Crippen molar-refractivity contribution in [2.75, 3.05) is 31.1 Å². The van der Waals surface area contributed by atoms with Gasteiger partial charge in [-0.2, -0.15) is 0 Å². The fraction of sp³-hybridized carbons (Fsp3) is 0.357. The van der Waals surface area contributed by atoms with Crippen LogP contribution in [0.25, 0.3) is 11.1 Å². The van der Waals surface area contributed by atoms with Gasteiger partial charge >= 0.3 is 0 Å². The van der Waals surface area contributed by atoms with Crippen molar-refractivity contribution in [1.29, 1.82) is 0 Å². The molecular weight excluding hydrogens is 438 g/mol. The van der Waals surface area contributed by atoms with Crippen LogP contribution in [0.4, 0.5) is 5.69 Å². The number of carbonyl (C=O) groups excluding carboxylic acids is 2. The van der Waals surface area contributed by atoms with Gasteiger partial charge in [0, 0.05) is 80.6 Å². The van der Waals surface area contributed by atoms with Gasteiger partial charge in [0.15, 0.2) is 0 Å². The van der Waals surface area contributed by atoms with Crippen LogP contribution in [0.1, 0.15) is 36.6 Å². The summed E-state index contributed by atoms with van der Waals surface area (Å²) in [5.41, 5.74) is 6.00. The fourth-order valence-electron chi connectivity index (χ4n) is 4.84. The summed E-state index contributed by atoms with van der Waals surface area (Å²) in [6.07, 6.45) is 8.11. The maximum atomic E-state index is 12.7. The van der Waals surface area contributed by atoms with Crippen molar-refractivity contribution in [2.45, 2.75) is 38.6 Å². The molecule has 2 saturated heterocycles. The summed E-state index contributed by atoms with van der Waals surface area (Å²) in [4.78, 5) is 37.5. The van der Waals surface area contributed by atoms with Gasteiger partial charge in [0.05, 0.1) is 6.42 Å². The van der Waals surface area contributed by atoms with Crippen LogP contribution in [0.2, 0.25) is 0 Å². The number of nitrogens with one attached hydrogen (secondary N) is 1. The Morgan fingerprint density at radius 1 is 1.03 bits per heavy atom. The van der Waals surface area contributed by atoms with Crippen molar-refractivity contribution in [2.24, 2.45) is 0 Å². The number of benzene rings is 1. The summed E-state index contributed by atoms with van der Waals surface area (Å²) < 4.78 is 0. The van der Waals surface area contributed by atoms with E-state index in [2.05, 4.69) is 34.3 Å². The molecule has 0 radical (unpaired) electrons. The molecule has 3 aromatic rings. The maximum Gasteiger partial charge on any atom is 0.227 e. The van der Waals surface area contributed by atoms with E-state index in [4.69, 9.17) is 0 Å². The number of hydrogen-bond acceptors (Lipinski definition) is 5. The molecule has 7 heteroatoms. The average Bonchev–Trinajstić information content (AvgIpc) is 3.31. The number of carbonyl (C=O) groups is 2. The van der Waals surface area contributed by atoms with Crippen LogP contribution in [0.15, 0.2) is 61.1 Å². The average molecular weight is 470 g/mol. The molecule has 2 amide bonds. The largest absolute Gasteiger partial charge is 0.340 e. The fourth-order valence-corrected chi connectivity index (χ4v) is 4.84. The van der Waals surface area contributed by atoms with Crippen LogP contribution < -0.4 is 10.2 Å². The predicted molar refractivity (Wildman–Crippen MR) is 136 cm³/mol. The first-order valence-corrected chi connectivity index (χ1v) is 12.3. The molecule has 0 aliphatic carbocycles.